The number of rotatable bonds is 8. The average Bonchev–Trinajstić information content (AvgIpc) is 2.83. The van der Waals surface area contributed by atoms with Gasteiger partial charge < -0.3 is 24.2 Å². The third kappa shape index (κ3) is 4.63. The molecule has 0 saturated carbocycles. The van der Waals surface area contributed by atoms with E-state index in [9.17, 15) is 14.7 Å². The summed E-state index contributed by atoms with van der Waals surface area (Å²) in [6.07, 6.45) is 5.96. The monoisotopic (exact) mass is 460 g/mol. The van der Waals surface area contributed by atoms with E-state index in [1.54, 1.807) is 33.5 Å². The Hall–Kier alpha value is -2.48. The van der Waals surface area contributed by atoms with Gasteiger partial charge in [0.2, 0.25) is 5.75 Å². The summed E-state index contributed by atoms with van der Waals surface area (Å²) in [4.78, 5) is 29.8. The zero-order valence-corrected chi connectivity index (χ0v) is 19.9. The summed E-state index contributed by atoms with van der Waals surface area (Å²) in [5.41, 5.74) is 0.509. The van der Waals surface area contributed by atoms with Gasteiger partial charge in [0.1, 0.15) is 0 Å². The van der Waals surface area contributed by atoms with Gasteiger partial charge in [0.05, 0.1) is 21.3 Å². The van der Waals surface area contributed by atoms with Crippen LogP contribution in [0.15, 0.2) is 12.1 Å². The van der Waals surface area contributed by atoms with Crippen LogP contribution in [0.4, 0.5) is 0 Å². The molecule has 3 heterocycles. The average molecular weight is 461 g/mol. The van der Waals surface area contributed by atoms with Gasteiger partial charge in [-0.1, -0.05) is 0 Å². The van der Waals surface area contributed by atoms with E-state index < -0.39 is 5.97 Å². The van der Waals surface area contributed by atoms with E-state index in [0.717, 1.165) is 32.4 Å². The van der Waals surface area contributed by atoms with E-state index in [4.69, 9.17) is 14.2 Å². The highest BCUT2D eigenvalue weighted by molar-refractivity contribution is 5.96. The van der Waals surface area contributed by atoms with Crippen LogP contribution in [-0.4, -0.2) is 79.8 Å². The highest BCUT2D eigenvalue weighted by atomic mass is 16.5. The molecule has 0 bridgehead atoms. The number of ether oxygens (including phenoxy) is 3. The molecule has 3 aliphatic heterocycles. The lowest BCUT2D eigenvalue weighted by Gasteiger charge is -2.57. The second-order valence-corrected chi connectivity index (χ2v) is 9.46. The minimum absolute atomic E-state index is 0.0399. The molecule has 33 heavy (non-hydrogen) atoms. The van der Waals surface area contributed by atoms with Gasteiger partial charge >= 0.3 is 5.97 Å². The Morgan fingerprint density at radius 2 is 1.70 bits per heavy atom. The molecule has 1 N–H and O–H groups in total. The number of aliphatic carboxylic acids is 1. The molecule has 4 rings (SSSR count). The molecular formula is C25H36N2O6. The van der Waals surface area contributed by atoms with Crippen LogP contribution in [-0.2, 0) is 4.79 Å². The van der Waals surface area contributed by atoms with Crippen molar-refractivity contribution >= 4 is 11.9 Å². The zero-order valence-electron chi connectivity index (χ0n) is 19.9. The maximum Gasteiger partial charge on any atom is 0.303 e. The molecule has 4 atom stereocenters. The van der Waals surface area contributed by atoms with Crippen molar-refractivity contribution in [3.8, 4) is 17.2 Å². The summed E-state index contributed by atoms with van der Waals surface area (Å²) in [6.45, 7) is 2.99. The predicted octanol–water partition coefficient (Wildman–Crippen LogP) is 3.28. The van der Waals surface area contributed by atoms with Gasteiger partial charge in [-0.3, -0.25) is 14.5 Å². The van der Waals surface area contributed by atoms with E-state index in [1.165, 1.54) is 6.42 Å². The summed E-state index contributed by atoms with van der Waals surface area (Å²) in [5, 5.41) is 9.20. The van der Waals surface area contributed by atoms with E-state index in [-0.39, 0.29) is 18.4 Å². The van der Waals surface area contributed by atoms with Gasteiger partial charge in [0.25, 0.3) is 5.91 Å². The van der Waals surface area contributed by atoms with Crippen LogP contribution in [0, 0.1) is 11.8 Å². The highest BCUT2D eigenvalue weighted by Gasteiger charge is 2.49. The number of carboxylic acids is 1. The maximum atomic E-state index is 13.9. The van der Waals surface area contributed by atoms with Crippen LogP contribution in [0.5, 0.6) is 17.2 Å². The lowest BCUT2D eigenvalue weighted by atomic mass is 9.69. The van der Waals surface area contributed by atoms with Crippen molar-refractivity contribution in [3.05, 3.63) is 17.7 Å². The SMILES string of the molecule is COc1cc(C(=O)N2C[C@@H]3CCCN4CCC[C@@H]([C@H]34)[C@@H]2CCCC(=O)O)cc(OC)c1OC. The van der Waals surface area contributed by atoms with Crippen LogP contribution in [0.2, 0.25) is 0 Å². The summed E-state index contributed by atoms with van der Waals surface area (Å²) in [5.74, 6) is 1.40. The van der Waals surface area contributed by atoms with Crippen molar-refractivity contribution in [2.75, 3.05) is 41.0 Å². The molecule has 3 fully saturated rings. The number of carboxylic acid groups (broad SMARTS) is 1. The van der Waals surface area contributed by atoms with E-state index in [1.807, 2.05) is 4.90 Å². The van der Waals surface area contributed by atoms with Crippen LogP contribution in [0.1, 0.15) is 55.3 Å². The van der Waals surface area contributed by atoms with Crippen molar-refractivity contribution in [2.24, 2.45) is 11.8 Å². The molecule has 1 aromatic rings. The number of nitrogens with zero attached hydrogens (tertiary/aromatic N) is 2. The minimum atomic E-state index is -0.783. The summed E-state index contributed by atoms with van der Waals surface area (Å²) >= 11 is 0. The van der Waals surface area contributed by atoms with Crippen molar-refractivity contribution in [3.63, 3.8) is 0 Å². The fourth-order valence-corrected chi connectivity index (χ4v) is 6.43. The molecular weight excluding hydrogens is 424 g/mol. The molecule has 182 valence electrons. The van der Waals surface area contributed by atoms with Crippen LogP contribution >= 0.6 is 0 Å². The van der Waals surface area contributed by atoms with Gasteiger partial charge in [-0.2, -0.15) is 0 Å². The molecule has 3 saturated heterocycles. The van der Waals surface area contributed by atoms with Gasteiger partial charge in [-0.25, -0.2) is 0 Å². The molecule has 3 aliphatic rings. The second-order valence-electron chi connectivity index (χ2n) is 9.46. The summed E-state index contributed by atoms with van der Waals surface area (Å²) in [7, 11) is 4.64. The number of likely N-dealkylation sites (tertiary alicyclic amines) is 1. The number of carbonyl (C=O) groups is 2. The molecule has 0 unspecified atom stereocenters. The lowest BCUT2D eigenvalue weighted by Crippen LogP contribution is -2.65. The van der Waals surface area contributed by atoms with Crippen molar-refractivity contribution in [1.29, 1.82) is 0 Å². The molecule has 1 amide bonds. The molecule has 0 aliphatic carbocycles. The number of hydrogen-bond acceptors (Lipinski definition) is 6. The molecule has 0 radical (unpaired) electrons. The first-order valence-corrected chi connectivity index (χ1v) is 12.0. The number of methoxy groups -OCH3 is 3. The van der Waals surface area contributed by atoms with Crippen LogP contribution in [0.3, 0.4) is 0 Å². The number of hydrogen-bond donors (Lipinski definition) is 1. The number of amides is 1. The van der Waals surface area contributed by atoms with Crippen LogP contribution < -0.4 is 14.2 Å². The Balaban J connectivity index is 1.67. The minimum Gasteiger partial charge on any atom is -0.493 e. The maximum absolute atomic E-state index is 13.9. The topological polar surface area (TPSA) is 88.5 Å². The first-order valence-electron chi connectivity index (χ1n) is 12.0. The van der Waals surface area contributed by atoms with Gasteiger partial charge in [0, 0.05) is 30.6 Å². The van der Waals surface area contributed by atoms with Gasteiger partial charge in [0.15, 0.2) is 11.5 Å². The van der Waals surface area contributed by atoms with Crippen molar-refractivity contribution in [1.82, 2.24) is 9.80 Å². The number of piperidine rings is 3. The first-order chi connectivity index (χ1) is 16.0. The Kier molecular flexibility index (Phi) is 7.32. The normalized spacial score (nSPS) is 26.9. The first kappa shape index (κ1) is 23.7. The Bertz CT molecular complexity index is 847. The number of carbonyl (C=O) groups excluding carboxylic acids is 1. The van der Waals surface area contributed by atoms with Crippen LogP contribution in [0.25, 0.3) is 0 Å². The Morgan fingerprint density at radius 3 is 2.30 bits per heavy atom. The third-order valence-electron chi connectivity index (χ3n) is 7.74. The number of benzene rings is 1. The molecule has 8 heteroatoms. The smallest absolute Gasteiger partial charge is 0.303 e. The van der Waals surface area contributed by atoms with E-state index >= 15 is 0 Å². The lowest BCUT2D eigenvalue weighted by molar-refractivity contribution is -0.137. The van der Waals surface area contributed by atoms with E-state index in [0.29, 0.717) is 60.1 Å². The molecule has 1 aromatic carbocycles. The molecule has 0 aromatic heterocycles. The van der Waals surface area contributed by atoms with Gasteiger partial charge in [-0.15, -0.1) is 0 Å². The van der Waals surface area contributed by atoms with Crippen molar-refractivity contribution < 1.29 is 28.9 Å². The summed E-state index contributed by atoms with van der Waals surface area (Å²) in [6, 6.07) is 3.99. The molecule has 8 nitrogen and oxygen atoms in total. The largest absolute Gasteiger partial charge is 0.493 e. The van der Waals surface area contributed by atoms with Gasteiger partial charge in [-0.05, 0) is 75.6 Å². The zero-order chi connectivity index (χ0) is 23.5. The Labute approximate surface area is 195 Å². The fraction of sp³-hybridized carbons (Fsp3) is 0.680. The quantitative estimate of drug-likeness (QED) is 0.637. The summed E-state index contributed by atoms with van der Waals surface area (Å²) < 4.78 is 16.4. The Morgan fingerprint density at radius 1 is 1.03 bits per heavy atom. The fourth-order valence-electron chi connectivity index (χ4n) is 6.43. The van der Waals surface area contributed by atoms with E-state index in [2.05, 4.69) is 4.90 Å². The highest BCUT2D eigenvalue weighted by Crippen LogP contribution is 2.45. The van der Waals surface area contributed by atoms with Crippen molar-refractivity contribution in [2.45, 2.75) is 57.0 Å². The third-order valence-corrected chi connectivity index (χ3v) is 7.74. The second kappa shape index (κ2) is 10.2. The standard InChI is InChI=1S/C25H36N2O6/c1-31-20-13-17(14-21(32-2)24(20)33-3)25(30)27-15-16-7-5-11-26-12-6-8-18(23(16)26)19(27)9-4-10-22(28)29/h13-14,16,18-19,23H,4-12,15H2,1-3H3,(H,28,29)/t16-,18+,19-,23-/m0/s1. The predicted molar refractivity (Wildman–Crippen MR) is 123 cm³/mol. The molecule has 0 spiro atoms.